The van der Waals surface area contributed by atoms with Crippen LogP contribution >= 0.6 is 0 Å². The zero-order chi connectivity index (χ0) is 20.3. The second-order valence-electron chi connectivity index (χ2n) is 6.63. The van der Waals surface area contributed by atoms with Gasteiger partial charge in [-0.25, -0.2) is 0 Å². The van der Waals surface area contributed by atoms with Crippen LogP contribution in [0.4, 0.5) is 0 Å². The van der Waals surface area contributed by atoms with Gasteiger partial charge in [-0.3, -0.25) is 14.6 Å². The van der Waals surface area contributed by atoms with Crippen LogP contribution in [0.25, 0.3) is 0 Å². The summed E-state index contributed by atoms with van der Waals surface area (Å²) in [6.07, 6.45) is 3.40. The number of ether oxygens (including phenoxy) is 1. The Labute approximate surface area is 161 Å². The summed E-state index contributed by atoms with van der Waals surface area (Å²) in [5, 5.41) is 9.69. The van der Waals surface area contributed by atoms with Crippen molar-refractivity contribution in [1.82, 2.24) is 9.88 Å². The molecule has 2 amide bonds. The standard InChI is InChI=1S/C20H21N3O5/c1-12(25)4-7-16(19(21)26)23-10-13-5-6-14(11-24)18(17(13)20(23)27)28-15-3-2-8-22-9-15/h2-3,5-6,8-9,16,24H,4,7,10-11H2,1H3,(H2,21,26). The highest BCUT2D eigenvalue weighted by atomic mass is 16.5. The maximum atomic E-state index is 13.1. The molecule has 3 rings (SSSR count). The minimum Gasteiger partial charge on any atom is -0.455 e. The lowest BCUT2D eigenvalue weighted by molar-refractivity contribution is -0.123. The Kier molecular flexibility index (Phi) is 5.70. The Hall–Kier alpha value is -3.26. The Balaban J connectivity index is 1.97. The van der Waals surface area contributed by atoms with Gasteiger partial charge in [0, 0.05) is 24.7 Å². The van der Waals surface area contributed by atoms with E-state index >= 15 is 0 Å². The van der Waals surface area contributed by atoms with E-state index in [2.05, 4.69) is 4.98 Å². The first-order chi connectivity index (χ1) is 13.4. The molecule has 0 saturated heterocycles. The van der Waals surface area contributed by atoms with Crippen LogP contribution in [0.1, 0.15) is 41.3 Å². The van der Waals surface area contributed by atoms with E-state index in [4.69, 9.17) is 10.5 Å². The minimum absolute atomic E-state index is 0.0847. The van der Waals surface area contributed by atoms with Crippen molar-refractivity contribution in [2.45, 2.75) is 39.0 Å². The van der Waals surface area contributed by atoms with Gasteiger partial charge in [0.1, 0.15) is 23.3 Å². The zero-order valence-corrected chi connectivity index (χ0v) is 15.4. The average Bonchev–Trinajstić information content (AvgIpc) is 2.99. The van der Waals surface area contributed by atoms with Crippen molar-refractivity contribution in [1.29, 1.82) is 0 Å². The molecule has 2 aromatic rings. The monoisotopic (exact) mass is 383 g/mol. The molecule has 1 aromatic heterocycles. The highest BCUT2D eigenvalue weighted by Crippen LogP contribution is 2.38. The van der Waals surface area contributed by atoms with Crippen LogP contribution < -0.4 is 10.5 Å². The first kappa shape index (κ1) is 19.5. The molecule has 0 fully saturated rings. The smallest absolute Gasteiger partial charge is 0.258 e. The zero-order valence-electron chi connectivity index (χ0n) is 15.4. The number of carbonyl (C=O) groups is 3. The summed E-state index contributed by atoms with van der Waals surface area (Å²) in [6, 6.07) is 5.88. The summed E-state index contributed by atoms with van der Waals surface area (Å²) in [5.74, 6) is -0.523. The van der Waals surface area contributed by atoms with Crippen LogP contribution in [-0.2, 0) is 22.7 Å². The van der Waals surface area contributed by atoms with E-state index < -0.39 is 17.9 Å². The van der Waals surface area contributed by atoms with Crippen LogP contribution in [0.2, 0.25) is 0 Å². The number of rotatable bonds is 8. The number of hydrogen-bond acceptors (Lipinski definition) is 6. The van der Waals surface area contributed by atoms with Crippen molar-refractivity contribution in [3.8, 4) is 11.5 Å². The van der Waals surface area contributed by atoms with E-state index in [1.807, 2.05) is 0 Å². The number of ketones is 1. The number of nitrogens with zero attached hydrogens (tertiary/aromatic N) is 2. The highest BCUT2D eigenvalue weighted by Gasteiger charge is 2.38. The fourth-order valence-corrected chi connectivity index (χ4v) is 3.24. The largest absolute Gasteiger partial charge is 0.455 e. The van der Waals surface area contributed by atoms with Crippen molar-refractivity contribution < 1.29 is 24.2 Å². The SMILES string of the molecule is CC(=O)CCC(C(N)=O)N1Cc2ccc(CO)c(Oc3cccnc3)c2C1=O. The molecule has 146 valence electrons. The average molecular weight is 383 g/mol. The van der Waals surface area contributed by atoms with Crippen LogP contribution in [0.15, 0.2) is 36.7 Å². The molecule has 8 nitrogen and oxygen atoms in total. The molecule has 3 N–H and O–H groups in total. The van der Waals surface area contributed by atoms with E-state index in [0.717, 1.165) is 0 Å². The van der Waals surface area contributed by atoms with Gasteiger partial charge in [0.05, 0.1) is 18.4 Å². The number of carbonyl (C=O) groups excluding carboxylic acids is 3. The Morgan fingerprint density at radius 3 is 2.75 bits per heavy atom. The number of aliphatic hydroxyl groups excluding tert-OH is 1. The first-order valence-electron chi connectivity index (χ1n) is 8.85. The topological polar surface area (TPSA) is 123 Å². The lowest BCUT2D eigenvalue weighted by Gasteiger charge is -2.24. The van der Waals surface area contributed by atoms with Crippen LogP contribution in [-0.4, -0.2) is 38.6 Å². The van der Waals surface area contributed by atoms with Gasteiger partial charge in [-0.2, -0.15) is 0 Å². The van der Waals surface area contributed by atoms with Gasteiger partial charge in [0.15, 0.2) is 0 Å². The van der Waals surface area contributed by atoms with E-state index in [-0.39, 0.29) is 43.1 Å². The summed E-state index contributed by atoms with van der Waals surface area (Å²) >= 11 is 0. The number of primary amides is 1. The van der Waals surface area contributed by atoms with E-state index in [9.17, 15) is 19.5 Å². The molecule has 1 aromatic carbocycles. The van der Waals surface area contributed by atoms with Gasteiger partial charge in [-0.15, -0.1) is 0 Å². The number of aliphatic hydroxyl groups is 1. The van der Waals surface area contributed by atoms with Gasteiger partial charge in [-0.05, 0) is 31.0 Å². The molecule has 1 unspecified atom stereocenters. The minimum atomic E-state index is -0.896. The van der Waals surface area contributed by atoms with Gasteiger partial charge in [-0.1, -0.05) is 12.1 Å². The normalized spacial score (nSPS) is 13.9. The number of Topliss-reactive ketones (excluding diaryl/α,β-unsaturated/α-hetero) is 1. The maximum absolute atomic E-state index is 13.1. The first-order valence-corrected chi connectivity index (χ1v) is 8.85. The van der Waals surface area contributed by atoms with Crippen molar-refractivity contribution in [2.75, 3.05) is 0 Å². The van der Waals surface area contributed by atoms with Gasteiger partial charge < -0.3 is 25.3 Å². The Morgan fingerprint density at radius 2 is 2.14 bits per heavy atom. The summed E-state index contributed by atoms with van der Waals surface area (Å²) in [7, 11) is 0. The van der Waals surface area contributed by atoms with Crippen LogP contribution in [0, 0.1) is 0 Å². The summed E-state index contributed by atoms with van der Waals surface area (Å²) in [5.41, 5.74) is 6.88. The molecule has 0 bridgehead atoms. The third-order valence-corrected chi connectivity index (χ3v) is 4.64. The quantitative estimate of drug-likeness (QED) is 0.713. The highest BCUT2D eigenvalue weighted by molar-refractivity contribution is 6.03. The predicted molar refractivity (Wildman–Crippen MR) is 99.4 cm³/mol. The molecule has 0 spiro atoms. The number of aromatic nitrogens is 1. The van der Waals surface area contributed by atoms with Crippen molar-refractivity contribution in [3.05, 3.63) is 53.3 Å². The van der Waals surface area contributed by atoms with Gasteiger partial charge in [0.2, 0.25) is 5.91 Å². The van der Waals surface area contributed by atoms with Crippen LogP contribution in [0.3, 0.4) is 0 Å². The number of fused-ring (bicyclic) bond motifs is 1. The number of benzene rings is 1. The molecule has 28 heavy (non-hydrogen) atoms. The van der Waals surface area contributed by atoms with Crippen molar-refractivity contribution in [3.63, 3.8) is 0 Å². The number of hydrogen-bond donors (Lipinski definition) is 2. The molecule has 1 aliphatic rings. The van der Waals surface area contributed by atoms with E-state index in [1.165, 1.54) is 18.0 Å². The van der Waals surface area contributed by atoms with E-state index in [0.29, 0.717) is 16.9 Å². The molecule has 0 aliphatic carbocycles. The molecule has 2 heterocycles. The molecule has 1 atom stereocenters. The number of nitrogens with two attached hydrogens (primary N) is 1. The molecular formula is C20H21N3O5. The molecule has 0 radical (unpaired) electrons. The molecular weight excluding hydrogens is 362 g/mol. The van der Waals surface area contributed by atoms with E-state index in [1.54, 1.807) is 30.5 Å². The Morgan fingerprint density at radius 1 is 1.36 bits per heavy atom. The van der Waals surface area contributed by atoms with Gasteiger partial charge >= 0.3 is 0 Å². The third kappa shape index (κ3) is 3.86. The fourth-order valence-electron chi connectivity index (χ4n) is 3.24. The maximum Gasteiger partial charge on any atom is 0.258 e. The molecule has 1 aliphatic heterocycles. The van der Waals surface area contributed by atoms with Crippen molar-refractivity contribution in [2.24, 2.45) is 5.73 Å². The summed E-state index contributed by atoms with van der Waals surface area (Å²) < 4.78 is 5.86. The number of amides is 2. The lowest BCUT2D eigenvalue weighted by Crippen LogP contribution is -2.45. The summed E-state index contributed by atoms with van der Waals surface area (Å²) in [6.45, 7) is 1.28. The fraction of sp³-hybridized carbons (Fsp3) is 0.300. The Bertz CT molecular complexity index is 914. The molecule has 8 heteroatoms. The predicted octanol–water partition coefficient (Wildman–Crippen LogP) is 1.55. The van der Waals surface area contributed by atoms with Crippen LogP contribution in [0.5, 0.6) is 11.5 Å². The third-order valence-electron chi connectivity index (χ3n) is 4.64. The lowest BCUT2D eigenvalue weighted by atomic mass is 10.0. The second-order valence-corrected chi connectivity index (χ2v) is 6.63. The van der Waals surface area contributed by atoms with Crippen molar-refractivity contribution >= 4 is 17.6 Å². The van der Waals surface area contributed by atoms with Gasteiger partial charge in [0.25, 0.3) is 5.91 Å². The second kappa shape index (κ2) is 8.18. The summed E-state index contributed by atoms with van der Waals surface area (Å²) in [4.78, 5) is 41.7. The molecule has 0 saturated carbocycles. The number of pyridine rings is 1.